The molecule has 0 aromatic heterocycles. The molecule has 1 amide bonds. The van der Waals surface area contributed by atoms with E-state index in [0.29, 0.717) is 25.0 Å². The fraction of sp³-hybridized carbons (Fsp3) is 0.696. The Hall–Kier alpha value is -2.44. The maximum Gasteiger partial charge on any atom is 0.410 e. The van der Waals surface area contributed by atoms with Crippen molar-refractivity contribution in [3.63, 3.8) is 0 Å². The van der Waals surface area contributed by atoms with Crippen molar-refractivity contribution in [3.8, 4) is 0 Å². The Morgan fingerprint density at radius 3 is 2.43 bits per heavy atom. The number of primary sulfonamides is 1. The number of amides is 1. The number of nitrogens with one attached hydrogen (secondary N) is 1. The van der Waals surface area contributed by atoms with E-state index in [9.17, 15) is 23.3 Å². The molecular formula is C23H37N5O6S. The molecular weight excluding hydrogens is 474 g/mol. The number of ether oxygens (including phenoxy) is 1. The van der Waals surface area contributed by atoms with Crippen molar-refractivity contribution >= 4 is 27.5 Å². The van der Waals surface area contributed by atoms with Crippen molar-refractivity contribution < 1.29 is 22.9 Å². The number of nitro groups is 1. The smallest absolute Gasteiger partial charge is 0.410 e. The molecule has 12 heteroatoms. The van der Waals surface area contributed by atoms with E-state index >= 15 is 0 Å². The Bertz CT molecular complexity index is 1030. The Labute approximate surface area is 207 Å². The van der Waals surface area contributed by atoms with Crippen LogP contribution in [0.3, 0.4) is 0 Å². The van der Waals surface area contributed by atoms with Gasteiger partial charge in [0.05, 0.1) is 9.82 Å². The highest BCUT2D eigenvalue weighted by Crippen LogP contribution is 2.32. The molecule has 2 fully saturated rings. The van der Waals surface area contributed by atoms with Gasteiger partial charge in [-0.25, -0.2) is 18.4 Å². The molecule has 0 unspecified atom stereocenters. The zero-order valence-electron chi connectivity index (χ0n) is 20.9. The van der Waals surface area contributed by atoms with Crippen LogP contribution in [0.15, 0.2) is 23.1 Å². The van der Waals surface area contributed by atoms with Crippen LogP contribution in [-0.4, -0.2) is 73.1 Å². The maximum atomic E-state index is 12.5. The number of anilines is 1. The lowest BCUT2D eigenvalue weighted by Gasteiger charge is -2.45. The number of nitrogens with zero attached hydrogens (tertiary/aromatic N) is 3. The zero-order chi connectivity index (χ0) is 26.0. The first-order valence-electron chi connectivity index (χ1n) is 12.0. The van der Waals surface area contributed by atoms with E-state index in [4.69, 9.17) is 9.88 Å². The first-order valence-corrected chi connectivity index (χ1v) is 13.6. The molecule has 35 heavy (non-hydrogen) atoms. The van der Waals surface area contributed by atoms with Crippen molar-refractivity contribution in [1.29, 1.82) is 0 Å². The molecule has 11 nitrogen and oxygen atoms in total. The van der Waals surface area contributed by atoms with Gasteiger partial charge in [0, 0.05) is 44.3 Å². The summed E-state index contributed by atoms with van der Waals surface area (Å²) >= 11 is 0. The van der Waals surface area contributed by atoms with Crippen molar-refractivity contribution in [1.82, 2.24) is 9.80 Å². The molecule has 1 saturated heterocycles. The molecule has 0 bridgehead atoms. The van der Waals surface area contributed by atoms with Crippen LogP contribution in [0.25, 0.3) is 0 Å². The molecule has 1 aromatic rings. The monoisotopic (exact) mass is 511 g/mol. The summed E-state index contributed by atoms with van der Waals surface area (Å²) < 4.78 is 28.6. The van der Waals surface area contributed by atoms with Crippen molar-refractivity contribution in [2.75, 3.05) is 31.5 Å². The molecule has 1 aliphatic carbocycles. The van der Waals surface area contributed by atoms with Gasteiger partial charge in [0.2, 0.25) is 10.0 Å². The number of carbonyl (C=O) groups excluding carboxylic acids is 1. The van der Waals surface area contributed by atoms with Crippen LogP contribution in [0.2, 0.25) is 0 Å². The van der Waals surface area contributed by atoms with Crippen LogP contribution in [0.4, 0.5) is 16.2 Å². The van der Waals surface area contributed by atoms with Crippen molar-refractivity contribution in [2.45, 2.75) is 76.0 Å². The summed E-state index contributed by atoms with van der Waals surface area (Å²) in [6, 6.07) is 4.21. The fourth-order valence-corrected chi connectivity index (χ4v) is 5.40. The lowest BCUT2D eigenvalue weighted by molar-refractivity contribution is -0.384. The normalized spacial score (nSPS) is 24.1. The van der Waals surface area contributed by atoms with Gasteiger partial charge in [-0.3, -0.25) is 15.0 Å². The molecule has 3 rings (SSSR count). The molecule has 1 atom stereocenters. The molecule has 0 spiro atoms. The third kappa shape index (κ3) is 7.28. The second kappa shape index (κ2) is 10.7. The topological polar surface area (TPSA) is 148 Å². The van der Waals surface area contributed by atoms with E-state index in [-0.39, 0.29) is 28.4 Å². The SMILES string of the molecule is C[C@@H]1CN(C2CCC(CNc3ccc(S(N)(=O)=O)cc3[N+](=O)[O-])CC2)CCN1C(=O)OC(C)(C)C. The highest BCUT2D eigenvalue weighted by molar-refractivity contribution is 7.89. The summed E-state index contributed by atoms with van der Waals surface area (Å²) in [4.78, 5) is 27.3. The van der Waals surface area contributed by atoms with Gasteiger partial charge in [0.1, 0.15) is 11.3 Å². The van der Waals surface area contributed by atoms with Crippen LogP contribution in [0.1, 0.15) is 53.4 Å². The summed E-state index contributed by atoms with van der Waals surface area (Å²) in [6.07, 6.45) is 3.77. The van der Waals surface area contributed by atoms with Gasteiger partial charge >= 0.3 is 6.09 Å². The summed E-state index contributed by atoms with van der Waals surface area (Å²) in [5.41, 5.74) is -0.524. The minimum absolute atomic E-state index is 0.0823. The predicted octanol–water partition coefficient (Wildman–Crippen LogP) is 3.15. The minimum Gasteiger partial charge on any atom is -0.444 e. The lowest BCUT2D eigenvalue weighted by Crippen LogP contribution is -2.57. The molecule has 196 valence electrons. The van der Waals surface area contributed by atoms with E-state index < -0.39 is 20.5 Å². The Kier molecular flexibility index (Phi) is 8.28. The molecule has 1 heterocycles. The van der Waals surface area contributed by atoms with E-state index in [1.54, 1.807) is 0 Å². The van der Waals surface area contributed by atoms with Gasteiger partial charge < -0.3 is 15.0 Å². The number of hydrogen-bond donors (Lipinski definition) is 2. The maximum absolute atomic E-state index is 12.5. The van der Waals surface area contributed by atoms with Crippen LogP contribution in [0, 0.1) is 16.0 Å². The van der Waals surface area contributed by atoms with Gasteiger partial charge in [-0.1, -0.05) is 0 Å². The summed E-state index contributed by atoms with van der Waals surface area (Å²) in [6.45, 7) is 10.5. The average molecular weight is 512 g/mol. The number of benzene rings is 1. The summed E-state index contributed by atoms with van der Waals surface area (Å²) in [5.74, 6) is 0.365. The third-order valence-electron chi connectivity index (χ3n) is 6.70. The minimum atomic E-state index is -4.01. The Morgan fingerprint density at radius 2 is 1.89 bits per heavy atom. The zero-order valence-corrected chi connectivity index (χ0v) is 21.7. The average Bonchev–Trinajstić information content (AvgIpc) is 2.76. The van der Waals surface area contributed by atoms with Gasteiger partial charge in [0.25, 0.3) is 5.69 Å². The second-order valence-electron chi connectivity index (χ2n) is 10.6. The molecule has 1 aliphatic heterocycles. The van der Waals surface area contributed by atoms with Crippen LogP contribution in [-0.2, 0) is 14.8 Å². The highest BCUT2D eigenvalue weighted by Gasteiger charge is 2.34. The number of hydrogen-bond acceptors (Lipinski definition) is 8. The molecule has 2 aliphatic rings. The molecule has 3 N–H and O–H groups in total. The summed E-state index contributed by atoms with van der Waals surface area (Å²) in [7, 11) is -4.01. The largest absolute Gasteiger partial charge is 0.444 e. The molecule has 0 radical (unpaired) electrons. The van der Waals surface area contributed by atoms with Crippen LogP contribution < -0.4 is 10.5 Å². The van der Waals surface area contributed by atoms with Gasteiger partial charge in [-0.2, -0.15) is 0 Å². The van der Waals surface area contributed by atoms with Crippen molar-refractivity contribution in [2.24, 2.45) is 11.1 Å². The number of nitrogens with two attached hydrogens (primary N) is 1. The molecule has 1 saturated carbocycles. The number of nitro benzene ring substituents is 1. The first kappa shape index (κ1) is 27.2. The van der Waals surface area contributed by atoms with E-state index in [0.717, 1.165) is 44.8 Å². The van der Waals surface area contributed by atoms with Gasteiger partial charge in [0.15, 0.2) is 0 Å². The number of carbonyl (C=O) groups is 1. The lowest BCUT2D eigenvalue weighted by atomic mass is 9.84. The Morgan fingerprint density at radius 1 is 1.23 bits per heavy atom. The van der Waals surface area contributed by atoms with E-state index in [1.807, 2.05) is 25.7 Å². The predicted molar refractivity (Wildman–Crippen MR) is 133 cm³/mol. The second-order valence-corrected chi connectivity index (χ2v) is 12.1. The fourth-order valence-electron chi connectivity index (χ4n) is 4.87. The van der Waals surface area contributed by atoms with Gasteiger partial charge in [-0.05, 0) is 71.4 Å². The highest BCUT2D eigenvalue weighted by atomic mass is 32.2. The number of rotatable bonds is 6. The number of sulfonamides is 1. The van der Waals surface area contributed by atoms with Crippen LogP contribution >= 0.6 is 0 Å². The number of piperazine rings is 1. The van der Waals surface area contributed by atoms with Crippen LogP contribution in [0.5, 0.6) is 0 Å². The Balaban J connectivity index is 1.50. The van der Waals surface area contributed by atoms with E-state index in [2.05, 4.69) is 17.1 Å². The molecule has 1 aromatic carbocycles. The van der Waals surface area contributed by atoms with Gasteiger partial charge in [-0.15, -0.1) is 0 Å². The summed E-state index contributed by atoms with van der Waals surface area (Å²) in [5, 5.41) is 19.7. The standard InChI is InChI=1S/C23H37N5O6S/c1-16-15-26(11-12-27(16)22(29)34-23(2,3)4)18-7-5-17(6-8-18)14-25-20-10-9-19(35(24,32)33)13-21(20)28(30)31/h9-10,13,16-18,25H,5-8,11-12,14-15H2,1-4H3,(H2,24,32,33)/t16-,17?,18?/m1/s1. The third-order valence-corrected chi connectivity index (χ3v) is 7.61. The van der Waals surface area contributed by atoms with Crippen molar-refractivity contribution in [3.05, 3.63) is 28.3 Å². The quantitative estimate of drug-likeness (QED) is 0.437. The first-order chi connectivity index (χ1) is 16.2. The van der Waals surface area contributed by atoms with E-state index in [1.165, 1.54) is 12.1 Å².